The summed E-state index contributed by atoms with van der Waals surface area (Å²) in [5.41, 5.74) is 3.73. The highest BCUT2D eigenvalue weighted by molar-refractivity contribution is 9.10. The summed E-state index contributed by atoms with van der Waals surface area (Å²) in [4.78, 5) is 28.8. The molecule has 2 amide bonds. The Labute approximate surface area is 202 Å². The number of nitrogens with zero attached hydrogens (tertiary/aromatic N) is 3. The molecular weight excluding hydrogens is 498 g/mol. The van der Waals surface area contributed by atoms with E-state index in [0.29, 0.717) is 34.0 Å². The maximum Gasteiger partial charge on any atom is 0.272 e. The van der Waals surface area contributed by atoms with Crippen LogP contribution in [0.15, 0.2) is 77.3 Å². The Balaban J connectivity index is 1.38. The molecule has 0 saturated carbocycles. The summed E-state index contributed by atoms with van der Waals surface area (Å²) in [6, 6.07) is 22.2. The van der Waals surface area contributed by atoms with E-state index in [1.54, 1.807) is 18.2 Å². The fourth-order valence-corrected chi connectivity index (χ4v) is 4.00. The Morgan fingerprint density at radius 2 is 1.76 bits per heavy atom. The number of para-hydroxylation sites is 1. The van der Waals surface area contributed by atoms with Gasteiger partial charge >= 0.3 is 0 Å². The number of fused-ring (bicyclic) bond motifs is 1. The van der Waals surface area contributed by atoms with Gasteiger partial charge < -0.3 is 15.6 Å². The minimum atomic E-state index is -0.339. The highest BCUT2D eigenvalue weighted by Crippen LogP contribution is 2.29. The highest BCUT2D eigenvalue weighted by atomic mass is 79.9. The molecule has 34 heavy (non-hydrogen) atoms. The Morgan fingerprint density at radius 1 is 0.912 bits per heavy atom. The van der Waals surface area contributed by atoms with Crippen LogP contribution in [-0.4, -0.2) is 37.4 Å². The Bertz CT molecular complexity index is 1480. The van der Waals surface area contributed by atoms with E-state index in [2.05, 4.69) is 52.2 Å². The zero-order valence-corrected chi connectivity index (χ0v) is 19.3. The monoisotopic (exact) mass is 515 g/mol. The van der Waals surface area contributed by atoms with Crippen LogP contribution >= 0.6 is 15.9 Å². The predicted octanol–water partition coefficient (Wildman–Crippen LogP) is 4.54. The van der Waals surface area contributed by atoms with Gasteiger partial charge in [-0.15, -0.1) is 5.10 Å². The van der Waals surface area contributed by atoms with Crippen molar-refractivity contribution in [2.75, 3.05) is 10.6 Å². The van der Waals surface area contributed by atoms with Crippen LogP contribution in [0.4, 0.5) is 11.4 Å². The third kappa shape index (κ3) is 4.57. The summed E-state index contributed by atoms with van der Waals surface area (Å²) >= 11 is 3.43. The number of aromatic nitrogens is 5. The summed E-state index contributed by atoms with van der Waals surface area (Å²) in [6.45, 7) is 0. The normalized spacial score (nSPS) is 10.9. The van der Waals surface area contributed by atoms with Gasteiger partial charge in [0, 0.05) is 15.4 Å². The van der Waals surface area contributed by atoms with E-state index in [4.69, 9.17) is 0 Å². The van der Waals surface area contributed by atoms with Crippen molar-refractivity contribution in [3.05, 3.63) is 88.5 Å². The molecule has 0 aliphatic rings. The summed E-state index contributed by atoms with van der Waals surface area (Å²) in [6.07, 6.45) is 0.258. The average molecular weight is 516 g/mol. The molecule has 168 valence electrons. The number of tetrazole rings is 1. The van der Waals surface area contributed by atoms with E-state index in [1.165, 1.54) is 0 Å². The Hall–Kier alpha value is -4.31. The zero-order valence-electron chi connectivity index (χ0n) is 17.7. The van der Waals surface area contributed by atoms with Gasteiger partial charge in [-0.2, -0.15) is 0 Å². The maximum absolute atomic E-state index is 13.1. The number of carbonyl (C=O) groups is 2. The molecule has 0 radical (unpaired) electrons. The van der Waals surface area contributed by atoms with Gasteiger partial charge in [0.2, 0.25) is 5.91 Å². The van der Waals surface area contributed by atoms with Crippen molar-refractivity contribution in [1.82, 2.24) is 25.6 Å². The lowest BCUT2D eigenvalue weighted by Crippen LogP contribution is -2.15. The van der Waals surface area contributed by atoms with E-state index in [0.717, 1.165) is 15.4 Å². The van der Waals surface area contributed by atoms with Gasteiger partial charge in [0.15, 0.2) is 5.82 Å². The van der Waals surface area contributed by atoms with Gasteiger partial charge in [-0.25, -0.2) is 5.10 Å². The molecule has 0 spiro atoms. The van der Waals surface area contributed by atoms with Crippen molar-refractivity contribution < 1.29 is 9.59 Å². The van der Waals surface area contributed by atoms with Crippen molar-refractivity contribution >= 4 is 50.0 Å². The summed E-state index contributed by atoms with van der Waals surface area (Å²) < 4.78 is 0.818. The van der Waals surface area contributed by atoms with E-state index in [-0.39, 0.29) is 18.2 Å². The molecule has 2 heterocycles. The lowest BCUT2D eigenvalue weighted by Gasteiger charge is -2.09. The first-order valence-corrected chi connectivity index (χ1v) is 11.2. The number of amides is 2. The van der Waals surface area contributed by atoms with Gasteiger partial charge in [0.25, 0.3) is 5.91 Å². The predicted molar refractivity (Wildman–Crippen MR) is 132 cm³/mol. The van der Waals surface area contributed by atoms with Gasteiger partial charge in [0.1, 0.15) is 5.69 Å². The second-order valence-corrected chi connectivity index (χ2v) is 8.47. The standard InChI is InChI=1S/C24H18BrN7O2/c25-16-9-10-18(17(13-16)23-29-31-32-30-23)28-24(34)20-12-15-7-4-8-19(22(15)27-20)26-21(33)11-14-5-2-1-3-6-14/h1-10,12-13,27H,11H2,(H,26,33)(H,28,34)(H,29,30,31,32). The third-order valence-electron chi connectivity index (χ3n) is 5.21. The van der Waals surface area contributed by atoms with E-state index < -0.39 is 0 Å². The number of hydrogen-bond acceptors (Lipinski definition) is 5. The molecular formula is C24H18BrN7O2. The minimum Gasteiger partial charge on any atom is -0.349 e. The second kappa shape index (κ2) is 9.28. The Kier molecular flexibility index (Phi) is 5.88. The largest absolute Gasteiger partial charge is 0.349 e. The van der Waals surface area contributed by atoms with E-state index in [9.17, 15) is 9.59 Å². The first-order chi connectivity index (χ1) is 16.6. The molecule has 2 aromatic heterocycles. The van der Waals surface area contributed by atoms with Crippen molar-refractivity contribution in [2.45, 2.75) is 6.42 Å². The first kappa shape index (κ1) is 21.5. The fourth-order valence-electron chi connectivity index (χ4n) is 3.64. The van der Waals surface area contributed by atoms with E-state index >= 15 is 0 Å². The minimum absolute atomic E-state index is 0.139. The molecule has 9 nitrogen and oxygen atoms in total. The molecule has 0 aliphatic heterocycles. The summed E-state index contributed by atoms with van der Waals surface area (Å²) in [5.74, 6) is -0.0510. The molecule has 10 heteroatoms. The molecule has 5 aromatic rings. The fraction of sp³-hybridized carbons (Fsp3) is 0.0417. The van der Waals surface area contributed by atoms with Crippen LogP contribution in [0.5, 0.6) is 0 Å². The molecule has 0 fully saturated rings. The quantitative estimate of drug-likeness (QED) is 0.263. The van der Waals surface area contributed by atoms with Crippen LogP contribution in [0, 0.1) is 0 Å². The van der Waals surface area contributed by atoms with Crippen molar-refractivity contribution in [3.8, 4) is 11.4 Å². The summed E-state index contributed by atoms with van der Waals surface area (Å²) in [7, 11) is 0. The number of H-pyrrole nitrogens is 2. The van der Waals surface area contributed by atoms with Crippen molar-refractivity contribution in [1.29, 1.82) is 0 Å². The SMILES string of the molecule is O=C(Cc1ccccc1)Nc1cccc2cc(C(=O)Nc3ccc(Br)cc3-c3nnn[nH]3)[nH]c12. The van der Waals surface area contributed by atoms with Crippen LogP contribution in [0.25, 0.3) is 22.3 Å². The lowest BCUT2D eigenvalue weighted by molar-refractivity contribution is -0.115. The number of nitrogens with one attached hydrogen (secondary N) is 4. The van der Waals surface area contributed by atoms with Gasteiger partial charge in [-0.05, 0) is 46.3 Å². The third-order valence-corrected chi connectivity index (χ3v) is 5.71. The number of halogens is 1. The number of hydrogen-bond donors (Lipinski definition) is 4. The van der Waals surface area contributed by atoms with Crippen molar-refractivity contribution in [2.24, 2.45) is 0 Å². The molecule has 0 saturated heterocycles. The average Bonchev–Trinajstić information content (AvgIpc) is 3.52. The number of benzene rings is 3. The highest BCUT2D eigenvalue weighted by Gasteiger charge is 2.16. The Morgan fingerprint density at radius 3 is 2.56 bits per heavy atom. The number of anilines is 2. The van der Waals surface area contributed by atoms with Crippen molar-refractivity contribution in [3.63, 3.8) is 0 Å². The maximum atomic E-state index is 13.1. The molecule has 3 aromatic carbocycles. The van der Waals surface area contributed by atoms with Crippen LogP contribution in [0.3, 0.4) is 0 Å². The number of carbonyl (C=O) groups excluding carboxylic acids is 2. The second-order valence-electron chi connectivity index (χ2n) is 7.56. The molecule has 0 bridgehead atoms. The molecule has 5 rings (SSSR count). The van der Waals surface area contributed by atoms with Crippen LogP contribution in [0.2, 0.25) is 0 Å². The molecule has 0 aliphatic carbocycles. The summed E-state index contributed by atoms with van der Waals surface area (Å²) in [5, 5.41) is 20.5. The van der Waals surface area contributed by atoms with E-state index in [1.807, 2.05) is 54.6 Å². The lowest BCUT2D eigenvalue weighted by atomic mass is 10.1. The topological polar surface area (TPSA) is 128 Å². The zero-order chi connectivity index (χ0) is 23.5. The molecule has 4 N–H and O–H groups in total. The van der Waals surface area contributed by atoms with Crippen LogP contribution in [-0.2, 0) is 11.2 Å². The first-order valence-electron chi connectivity index (χ1n) is 10.4. The molecule has 0 unspecified atom stereocenters. The number of aromatic amines is 2. The smallest absolute Gasteiger partial charge is 0.272 e. The van der Waals surface area contributed by atoms with Gasteiger partial charge in [-0.3, -0.25) is 9.59 Å². The molecule has 0 atom stereocenters. The van der Waals surface area contributed by atoms with Gasteiger partial charge in [0.05, 0.1) is 23.3 Å². The number of rotatable bonds is 6. The van der Waals surface area contributed by atoms with Gasteiger partial charge in [-0.1, -0.05) is 58.4 Å². The van der Waals surface area contributed by atoms with Crippen LogP contribution in [0.1, 0.15) is 16.1 Å². The van der Waals surface area contributed by atoms with Crippen LogP contribution < -0.4 is 10.6 Å².